The van der Waals surface area contributed by atoms with E-state index in [2.05, 4.69) is 51.3 Å². The van der Waals surface area contributed by atoms with Crippen molar-refractivity contribution < 1.29 is 12.2 Å². The summed E-state index contributed by atoms with van der Waals surface area (Å²) < 4.78 is 5.39. The van der Waals surface area contributed by atoms with Crippen LogP contribution in [0, 0.1) is 0 Å². The predicted molar refractivity (Wildman–Crippen MR) is 104 cm³/mol. The minimum absolute atomic E-state index is 0. The summed E-state index contributed by atoms with van der Waals surface area (Å²) in [7, 11) is 1.77. The number of anilines is 2. The van der Waals surface area contributed by atoms with Gasteiger partial charge in [0, 0.05) is 16.0 Å². The number of imidazole rings is 1. The highest BCUT2D eigenvalue weighted by atomic mass is 16.5. The van der Waals surface area contributed by atoms with Crippen molar-refractivity contribution >= 4 is 28.6 Å². The lowest BCUT2D eigenvalue weighted by molar-refractivity contribution is 0.0929. The number of nitrogens with one attached hydrogen (secondary N) is 4. The monoisotopic (exact) mass is 397 g/mol. The van der Waals surface area contributed by atoms with E-state index in [9.17, 15) is 4.79 Å². The first-order chi connectivity index (χ1) is 14.1. The molecule has 1 atom stereocenters. The van der Waals surface area contributed by atoms with Crippen LogP contribution in [0.4, 0.5) is 11.5 Å². The van der Waals surface area contributed by atoms with E-state index in [1.807, 2.05) is 0 Å². The Morgan fingerprint density at radius 1 is 1.31 bits per heavy atom. The van der Waals surface area contributed by atoms with Crippen LogP contribution < -0.4 is 21.3 Å². The number of aromatic amines is 1. The van der Waals surface area contributed by atoms with Crippen LogP contribution in [-0.4, -0.2) is 48.0 Å². The second-order valence-corrected chi connectivity index (χ2v) is 6.37. The van der Waals surface area contributed by atoms with E-state index in [1.165, 1.54) is 12.7 Å². The van der Waals surface area contributed by atoms with Gasteiger partial charge in [-0.05, 0) is 6.92 Å². The number of nitrogens with zero attached hydrogens (tertiary/aromatic N) is 7. The number of fused-ring (bicyclic) bond motifs is 2. The van der Waals surface area contributed by atoms with Crippen LogP contribution in [0.25, 0.3) is 22.7 Å². The molecule has 0 aromatic carbocycles. The van der Waals surface area contributed by atoms with Gasteiger partial charge in [-0.3, -0.25) is 15.2 Å². The van der Waals surface area contributed by atoms with E-state index in [4.69, 9.17) is 4.52 Å². The van der Waals surface area contributed by atoms with Crippen LogP contribution in [0.2, 0.25) is 0 Å². The summed E-state index contributed by atoms with van der Waals surface area (Å²) in [4.78, 5) is 36.4. The third kappa shape index (κ3) is 2.89. The SMILES string of the molecule is C[C@@H](NC(=O)c1ncnc2c1NNN2C)c1cc(-c2nc3ncncc3[nH]2)no1.[HH].[HH]. The highest BCUT2D eigenvalue weighted by Gasteiger charge is 2.26. The van der Waals surface area contributed by atoms with Crippen molar-refractivity contribution in [3.8, 4) is 11.5 Å². The van der Waals surface area contributed by atoms with Gasteiger partial charge in [0.25, 0.3) is 5.91 Å². The van der Waals surface area contributed by atoms with E-state index in [1.54, 1.807) is 31.2 Å². The number of hydrazine groups is 2. The Bertz CT molecular complexity index is 1190. The summed E-state index contributed by atoms with van der Waals surface area (Å²) in [6.07, 6.45) is 4.38. The quantitative estimate of drug-likeness (QED) is 0.389. The lowest BCUT2D eigenvalue weighted by Crippen LogP contribution is -2.32. The van der Waals surface area contributed by atoms with Gasteiger partial charge < -0.3 is 14.8 Å². The van der Waals surface area contributed by atoms with Crippen molar-refractivity contribution in [2.45, 2.75) is 13.0 Å². The lowest BCUT2D eigenvalue weighted by Gasteiger charge is -2.11. The van der Waals surface area contributed by atoms with Gasteiger partial charge in [0.2, 0.25) is 0 Å². The van der Waals surface area contributed by atoms with Gasteiger partial charge in [-0.2, -0.15) is 0 Å². The van der Waals surface area contributed by atoms with Crippen molar-refractivity contribution in [2.24, 2.45) is 0 Å². The Kier molecular flexibility index (Phi) is 3.80. The molecule has 13 nitrogen and oxygen atoms in total. The molecule has 1 aliphatic rings. The number of aromatic nitrogens is 7. The second kappa shape index (κ2) is 6.49. The van der Waals surface area contributed by atoms with Crippen LogP contribution >= 0.6 is 0 Å². The van der Waals surface area contributed by atoms with E-state index >= 15 is 0 Å². The molecule has 4 aromatic rings. The van der Waals surface area contributed by atoms with Gasteiger partial charge in [0.05, 0.1) is 12.2 Å². The summed E-state index contributed by atoms with van der Waals surface area (Å²) in [5, 5.41) is 8.52. The molecule has 13 heteroatoms. The van der Waals surface area contributed by atoms with Crippen LogP contribution in [-0.2, 0) is 0 Å². The maximum atomic E-state index is 12.7. The first-order valence-corrected chi connectivity index (χ1v) is 8.64. The number of carbonyl (C=O) groups is 1. The molecule has 0 spiro atoms. The Labute approximate surface area is 165 Å². The Hall–Kier alpha value is -4.13. The number of H-pyrrole nitrogens is 1. The summed E-state index contributed by atoms with van der Waals surface area (Å²) in [5.41, 5.74) is 8.17. The second-order valence-electron chi connectivity index (χ2n) is 6.37. The van der Waals surface area contributed by atoms with Gasteiger partial charge in [-0.15, -0.1) is 5.53 Å². The highest BCUT2D eigenvalue weighted by molar-refractivity contribution is 6.00. The largest absolute Gasteiger partial charge is 0.358 e. The fourth-order valence-corrected chi connectivity index (χ4v) is 2.93. The fourth-order valence-electron chi connectivity index (χ4n) is 2.93. The number of carbonyl (C=O) groups excluding carboxylic acids is 1. The van der Waals surface area contributed by atoms with Crippen LogP contribution in [0.15, 0.2) is 29.4 Å². The molecule has 150 valence electrons. The first-order valence-electron chi connectivity index (χ1n) is 8.64. The third-order valence-corrected chi connectivity index (χ3v) is 4.42. The normalized spacial score (nSPS) is 13.9. The van der Waals surface area contributed by atoms with E-state index in [0.29, 0.717) is 39.9 Å². The smallest absolute Gasteiger partial charge is 0.272 e. The standard InChI is InChI=1S/C16H15N11O2.2H2/c1-7(21-16(28)12-11-15(20-6-18-12)27(2)26-24-11)10-3-8(25-29-10)14-22-9-4-17-5-19-13(9)23-14;;/h3-7,24,26H,1-2H3,(H,21,28)(H,17,19,22,23);2*1H/t7-;;/m1../s1. The molecular formula is C16H19N11O2. The van der Waals surface area contributed by atoms with Gasteiger partial charge in [0.1, 0.15) is 29.6 Å². The molecule has 5 heterocycles. The molecule has 4 N–H and O–H groups in total. The molecule has 4 aromatic heterocycles. The average molecular weight is 397 g/mol. The highest BCUT2D eigenvalue weighted by Crippen LogP contribution is 2.28. The predicted octanol–water partition coefficient (Wildman–Crippen LogP) is 1.06. The average Bonchev–Trinajstić information content (AvgIpc) is 3.45. The minimum Gasteiger partial charge on any atom is -0.358 e. The molecular weight excluding hydrogens is 378 g/mol. The van der Waals surface area contributed by atoms with E-state index in [-0.39, 0.29) is 14.5 Å². The van der Waals surface area contributed by atoms with Gasteiger partial charge >= 0.3 is 0 Å². The zero-order chi connectivity index (χ0) is 20.0. The molecule has 0 bridgehead atoms. The third-order valence-electron chi connectivity index (χ3n) is 4.42. The number of rotatable bonds is 4. The molecule has 0 radical (unpaired) electrons. The summed E-state index contributed by atoms with van der Waals surface area (Å²) in [6, 6.07) is 1.25. The molecule has 1 aliphatic heterocycles. The van der Waals surface area contributed by atoms with Gasteiger partial charge in [-0.25, -0.2) is 24.9 Å². The zero-order valence-electron chi connectivity index (χ0n) is 15.3. The molecule has 0 fully saturated rings. The zero-order valence-corrected chi connectivity index (χ0v) is 15.3. The van der Waals surface area contributed by atoms with Crippen molar-refractivity contribution in [3.63, 3.8) is 0 Å². The maximum Gasteiger partial charge on any atom is 0.272 e. The maximum absolute atomic E-state index is 12.7. The Morgan fingerprint density at radius 3 is 3.07 bits per heavy atom. The molecule has 0 saturated heterocycles. The fraction of sp³-hybridized carbons (Fsp3) is 0.188. The number of amides is 1. The Balaban J connectivity index is 0.00000136. The van der Waals surface area contributed by atoms with E-state index < -0.39 is 6.04 Å². The minimum atomic E-state index is -0.453. The van der Waals surface area contributed by atoms with Crippen LogP contribution in [0.5, 0.6) is 0 Å². The molecule has 1 amide bonds. The van der Waals surface area contributed by atoms with Crippen molar-refractivity contribution in [2.75, 3.05) is 17.5 Å². The summed E-state index contributed by atoms with van der Waals surface area (Å²) >= 11 is 0. The molecule has 0 saturated carbocycles. The topological polar surface area (TPSA) is 163 Å². The molecule has 0 aliphatic carbocycles. The summed E-state index contributed by atoms with van der Waals surface area (Å²) in [6.45, 7) is 1.78. The molecule has 5 rings (SSSR count). The number of hydrogen-bond acceptors (Lipinski definition) is 11. The van der Waals surface area contributed by atoms with Crippen molar-refractivity contribution in [1.82, 2.24) is 45.9 Å². The molecule has 0 unspecified atom stereocenters. The Morgan fingerprint density at radius 2 is 2.21 bits per heavy atom. The van der Waals surface area contributed by atoms with Crippen molar-refractivity contribution in [1.29, 1.82) is 0 Å². The number of hydrogen-bond donors (Lipinski definition) is 4. The van der Waals surface area contributed by atoms with Crippen molar-refractivity contribution in [3.05, 3.63) is 36.4 Å². The van der Waals surface area contributed by atoms with Crippen LogP contribution in [0.3, 0.4) is 0 Å². The van der Waals surface area contributed by atoms with E-state index in [0.717, 1.165) is 0 Å². The first kappa shape index (κ1) is 17.0. The van der Waals surface area contributed by atoms with Crippen LogP contribution in [0.1, 0.15) is 32.1 Å². The van der Waals surface area contributed by atoms with Gasteiger partial charge in [0.15, 0.2) is 28.7 Å². The van der Waals surface area contributed by atoms with Gasteiger partial charge in [-0.1, -0.05) is 5.16 Å². The summed E-state index contributed by atoms with van der Waals surface area (Å²) in [5.74, 6) is 1.17. The molecule has 29 heavy (non-hydrogen) atoms. The lowest BCUT2D eigenvalue weighted by atomic mass is 10.2.